The van der Waals surface area contributed by atoms with Crippen LogP contribution in [0.5, 0.6) is 0 Å². The number of nitrogens with one attached hydrogen (secondary N) is 1. The van der Waals surface area contributed by atoms with E-state index in [9.17, 15) is 0 Å². The third-order valence-corrected chi connectivity index (χ3v) is 3.31. The molecule has 1 aromatic heterocycles. The van der Waals surface area contributed by atoms with Crippen molar-refractivity contribution in [1.82, 2.24) is 5.32 Å². The molecule has 0 amide bonds. The van der Waals surface area contributed by atoms with Crippen molar-refractivity contribution in [3.63, 3.8) is 0 Å². The first-order valence-corrected chi connectivity index (χ1v) is 7.55. The first-order valence-electron chi connectivity index (χ1n) is 6.67. The molecule has 0 spiro atoms. The van der Waals surface area contributed by atoms with Crippen LogP contribution in [0.2, 0.25) is 0 Å². The Labute approximate surface area is 114 Å². The average Bonchev–Trinajstić information content (AvgIpc) is 2.84. The molecule has 18 heavy (non-hydrogen) atoms. The molecule has 0 aromatic carbocycles. The van der Waals surface area contributed by atoms with Gasteiger partial charge in [0.2, 0.25) is 0 Å². The van der Waals surface area contributed by atoms with Gasteiger partial charge in [-0.25, -0.2) is 0 Å². The standard InChI is InChI=1S/C14H25NO2S/c1-13(2)12-17-10-9-16-8-7-15-6-5-14-4-3-11-18-14/h3-4,11,13,15H,5-10,12H2,1-2H3. The van der Waals surface area contributed by atoms with Crippen molar-refractivity contribution < 1.29 is 9.47 Å². The smallest absolute Gasteiger partial charge is 0.0701 e. The minimum Gasteiger partial charge on any atom is -0.379 e. The van der Waals surface area contributed by atoms with Gasteiger partial charge in [-0.05, 0) is 23.8 Å². The van der Waals surface area contributed by atoms with Gasteiger partial charge in [-0.15, -0.1) is 11.3 Å². The molecule has 1 aromatic rings. The normalized spacial score (nSPS) is 11.3. The number of hydrogen-bond acceptors (Lipinski definition) is 4. The Morgan fingerprint density at radius 3 is 2.72 bits per heavy atom. The molecule has 0 bridgehead atoms. The van der Waals surface area contributed by atoms with Crippen molar-refractivity contribution in [2.24, 2.45) is 5.92 Å². The molecule has 0 atom stereocenters. The van der Waals surface area contributed by atoms with Crippen molar-refractivity contribution in [2.45, 2.75) is 20.3 Å². The SMILES string of the molecule is CC(C)COCCOCCNCCc1cccs1. The zero-order valence-electron chi connectivity index (χ0n) is 11.5. The molecule has 1 heterocycles. The van der Waals surface area contributed by atoms with E-state index in [1.807, 2.05) is 11.3 Å². The maximum Gasteiger partial charge on any atom is 0.0701 e. The van der Waals surface area contributed by atoms with Crippen molar-refractivity contribution >= 4 is 11.3 Å². The van der Waals surface area contributed by atoms with Gasteiger partial charge in [0, 0.05) is 24.6 Å². The van der Waals surface area contributed by atoms with E-state index in [2.05, 4.69) is 36.7 Å². The fourth-order valence-corrected chi connectivity index (χ4v) is 2.18. The van der Waals surface area contributed by atoms with Crippen LogP contribution in [0.15, 0.2) is 17.5 Å². The van der Waals surface area contributed by atoms with Crippen LogP contribution in [0, 0.1) is 5.92 Å². The molecule has 104 valence electrons. The minimum atomic E-state index is 0.601. The predicted molar refractivity (Wildman–Crippen MR) is 77.4 cm³/mol. The molecule has 0 saturated carbocycles. The van der Waals surface area contributed by atoms with E-state index >= 15 is 0 Å². The third kappa shape index (κ3) is 8.64. The van der Waals surface area contributed by atoms with Crippen LogP contribution in [0.1, 0.15) is 18.7 Å². The summed E-state index contributed by atoms with van der Waals surface area (Å²) in [5, 5.41) is 5.49. The summed E-state index contributed by atoms with van der Waals surface area (Å²) in [5.41, 5.74) is 0. The monoisotopic (exact) mass is 271 g/mol. The quantitative estimate of drug-likeness (QED) is 0.628. The fraction of sp³-hybridized carbons (Fsp3) is 0.714. The molecule has 0 unspecified atom stereocenters. The lowest BCUT2D eigenvalue weighted by Crippen LogP contribution is -2.22. The summed E-state index contributed by atoms with van der Waals surface area (Å²) in [4.78, 5) is 1.44. The number of ether oxygens (including phenoxy) is 2. The van der Waals surface area contributed by atoms with Gasteiger partial charge in [0.1, 0.15) is 0 Å². The molecule has 0 aliphatic rings. The Morgan fingerprint density at radius 1 is 1.17 bits per heavy atom. The molecule has 0 aliphatic carbocycles. The molecular weight excluding hydrogens is 246 g/mol. The zero-order valence-corrected chi connectivity index (χ0v) is 12.3. The zero-order chi connectivity index (χ0) is 13.1. The summed E-state index contributed by atoms with van der Waals surface area (Å²) in [6.45, 7) is 9.21. The van der Waals surface area contributed by atoms with E-state index < -0.39 is 0 Å². The highest BCUT2D eigenvalue weighted by molar-refractivity contribution is 7.09. The minimum absolute atomic E-state index is 0.601. The second-order valence-electron chi connectivity index (χ2n) is 4.66. The first kappa shape index (κ1) is 15.6. The Bertz CT molecular complexity index is 275. The van der Waals surface area contributed by atoms with E-state index in [-0.39, 0.29) is 0 Å². The topological polar surface area (TPSA) is 30.5 Å². The van der Waals surface area contributed by atoms with Crippen molar-refractivity contribution in [1.29, 1.82) is 0 Å². The van der Waals surface area contributed by atoms with Gasteiger partial charge in [-0.2, -0.15) is 0 Å². The molecule has 0 saturated heterocycles. The van der Waals surface area contributed by atoms with Gasteiger partial charge in [0.25, 0.3) is 0 Å². The lowest BCUT2D eigenvalue weighted by atomic mass is 10.2. The highest BCUT2D eigenvalue weighted by atomic mass is 32.1. The Morgan fingerprint density at radius 2 is 2.00 bits per heavy atom. The summed E-state index contributed by atoms with van der Waals surface area (Å²) in [6, 6.07) is 4.27. The first-order chi connectivity index (χ1) is 8.79. The average molecular weight is 271 g/mol. The molecule has 1 rings (SSSR count). The van der Waals surface area contributed by atoms with Crippen LogP contribution >= 0.6 is 11.3 Å². The van der Waals surface area contributed by atoms with Crippen LogP contribution in [0.3, 0.4) is 0 Å². The van der Waals surface area contributed by atoms with Crippen molar-refractivity contribution in [2.75, 3.05) is 39.5 Å². The van der Waals surface area contributed by atoms with E-state index in [1.54, 1.807) is 0 Å². The van der Waals surface area contributed by atoms with E-state index in [0.717, 1.165) is 32.7 Å². The summed E-state index contributed by atoms with van der Waals surface area (Å²) in [5.74, 6) is 0.601. The van der Waals surface area contributed by atoms with Gasteiger partial charge >= 0.3 is 0 Å². The highest BCUT2D eigenvalue weighted by Crippen LogP contribution is 2.07. The Kier molecular flexibility index (Phi) is 9.12. The molecule has 0 aliphatic heterocycles. The van der Waals surface area contributed by atoms with Crippen LogP contribution in [-0.4, -0.2) is 39.5 Å². The van der Waals surface area contributed by atoms with Crippen LogP contribution < -0.4 is 5.32 Å². The fourth-order valence-electron chi connectivity index (χ4n) is 1.47. The Hall–Kier alpha value is -0.420. The number of rotatable bonds is 11. The van der Waals surface area contributed by atoms with E-state index in [0.29, 0.717) is 19.1 Å². The maximum atomic E-state index is 5.47. The second kappa shape index (κ2) is 10.5. The lowest BCUT2D eigenvalue weighted by molar-refractivity contribution is 0.0388. The van der Waals surface area contributed by atoms with Crippen LogP contribution in [0.4, 0.5) is 0 Å². The van der Waals surface area contributed by atoms with Crippen LogP contribution in [0.25, 0.3) is 0 Å². The van der Waals surface area contributed by atoms with Crippen molar-refractivity contribution in [3.05, 3.63) is 22.4 Å². The van der Waals surface area contributed by atoms with E-state index in [1.165, 1.54) is 4.88 Å². The Balaban J connectivity index is 1.76. The van der Waals surface area contributed by atoms with Gasteiger partial charge < -0.3 is 14.8 Å². The predicted octanol–water partition coefficient (Wildman–Crippen LogP) is 2.57. The highest BCUT2D eigenvalue weighted by Gasteiger charge is 1.95. The van der Waals surface area contributed by atoms with Gasteiger partial charge in [-0.1, -0.05) is 19.9 Å². The summed E-state index contributed by atoms with van der Waals surface area (Å²) in [6.07, 6.45) is 1.11. The lowest BCUT2D eigenvalue weighted by Gasteiger charge is -2.08. The molecule has 0 fully saturated rings. The second-order valence-corrected chi connectivity index (χ2v) is 5.69. The molecule has 0 radical (unpaired) electrons. The van der Waals surface area contributed by atoms with E-state index in [4.69, 9.17) is 9.47 Å². The molecule has 3 nitrogen and oxygen atoms in total. The summed E-state index contributed by atoms with van der Waals surface area (Å²) >= 11 is 1.81. The summed E-state index contributed by atoms with van der Waals surface area (Å²) in [7, 11) is 0. The van der Waals surface area contributed by atoms with Gasteiger partial charge in [0.15, 0.2) is 0 Å². The third-order valence-electron chi connectivity index (χ3n) is 2.37. The van der Waals surface area contributed by atoms with Crippen molar-refractivity contribution in [3.8, 4) is 0 Å². The van der Waals surface area contributed by atoms with Gasteiger partial charge in [0.05, 0.1) is 19.8 Å². The largest absolute Gasteiger partial charge is 0.379 e. The summed E-state index contributed by atoms with van der Waals surface area (Å²) < 4.78 is 10.9. The maximum absolute atomic E-state index is 5.47. The van der Waals surface area contributed by atoms with Gasteiger partial charge in [-0.3, -0.25) is 0 Å². The molecular formula is C14H25NO2S. The van der Waals surface area contributed by atoms with Crippen LogP contribution in [-0.2, 0) is 15.9 Å². The number of hydrogen-bond donors (Lipinski definition) is 1. The molecule has 4 heteroatoms. The molecule has 1 N–H and O–H groups in total. The number of thiophene rings is 1.